The molecule has 0 atom stereocenters. The second-order valence-electron chi connectivity index (χ2n) is 6.72. The molecule has 0 bridgehead atoms. The molecule has 2 amide bonds. The molecule has 27 heavy (non-hydrogen) atoms. The lowest BCUT2D eigenvalue weighted by Gasteiger charge is -2.15. The maximum Gasteiger partial charge on any atom is 0.295 e. The van der Waals surface area contributed by atoms with Gasteiger partial charge in [-0.3, -0.25) is 9.59 Å². The summed E-state index contributed by atoms with van der Waals surface area (Å²) in [5, 5.41) is 6.98. The van der Waals surface area contributed by atoms with Crippen LogP contribution in [-0.4, -0.2) is 49.4 Å². The quantitative estimate of drug-likeness (QED) is 0.769. The Morgan fingerprint density at radius 2 is 1.74 bits per heavy atom. The molecular weight excluding hydrogens is 344 g/mol. The fraction of sp³-hybridized carbons (Fsp3) is 0.316. The van der Waals surface area contributed by atoms with Crippen molar-refractivity contribution in [2.45, 2.75) is 26.7 Å². The lowest BCUT2D eigenvalue weighted by Crippen LogP contribution is -2.27. The molecule has 3 heterocycles. The number of aromatic nitrogens is 4. The average molecular weight is 364 g/mol. The zero-order valence-corrected chi connectivity index (χ0v) is 15.3. The van der Waals surface area contributed by atoms with Crippen LogP contribution >= 0.6 is 0 Å². The topological polar surface area (TPSA) is 92.5 Å². The summed E-state index contributed by atoms with van der Waals surface area (Å²) in [6.07, 6.45) is 2.11. The molecule has 138 valence electrons. The number of hydrogen-bond acceptors (Lipinski definition) is 5. The van der Waals surface area contributed by atoms with E-state index in [1.807, 2.05) is 24.8 Å². The lowest BCUT2D eigenvalue weighted by atomic mass is 10.2. The first-order chi connectivity index (χ1) is 13.0. The minimum atomic E-state index is -0.420. The molecule has 3 aromatic rings. The van der Waals surface area contributed by atoms with Gasteiger partial charge in [0, 0.05) is 35.7 Å². The highest BCUT2D eigenvalue weighted by Gasteiger charge is 2.20. The summed E-state index contributed by atoms with van der Waals surface area (Å²) >= 11 is 0. The molecule has 0 spiro atoms. The Hall–Kier alpha value is -3.29. The molecule has 8 nitrogen and oxygen atoms in total. The van der Waals surface area contributed by atoms with Crippen molar-refractivity contribution in [2.75, 3.05) is 18.4 Å². The molecule has 1 saturated heterocycles. The van der Waals surface area contributed by atoms with Gasteiger partial charge in [-0.2, -0.15) is 4.98 Å². The number of fused-ring (bicyclic) bond motifs is 1. The standard InChI is InChI=1S/C19H20N6O2/c1-12-11-13(2)25-19(20-12)22-16(23-25)17(26)21-15-7-5-14(6-8-15)18(27)24-9-3-4-10-24/h5-8,11H,3-4,9-10H2,1-2H3,(H,21,26). The fourth-order valence-corrected chi connectivity index (χ4v) is 3.25. The predicted molar refractivity (Wildman–Crippen MR) is 99.8 cm³/mol. The molecular formula is C19H20N6O2. The van der Waals surface area contributed by atoms with Crippen molar-refractivity contribution in [1.82, 2.24) is 24.5 Å². The summed E-state index contributed by atoms with van der Waals surface area (Å²) in [4.78, 5) is 35.2. The molecule has 1 N–H and O–H groups in total. The molecule has 0 unspecified atom stereocenters. The van der Waals surface area contributed by atoms with E-state index < -0.39 is 5.91 Å². The van der Waals surface area contributed by atoms with E-state index in [4.69, 9.17) is 0 Å². The van der Waals surface area contributed by atoms with Crippen molar-refractivity contribution in [2.24, 2.45) is 0 Å². The Kier molecular flexibility index (Phi) is 4.31. The Bertz CT molecular complexity index is 1020. The summed E-state index contributed by atoms with van der Waals surface area (Å²) in [5.41, 5.74) is 2.88. The third-order valence-electron chi connectivity index (χ3n) is 4.60. The van der Waals surface area contributed by atoms with E-state index >= 15 is 0 Å². The van der Waals surface area contributed by atoms with Crippen LogP contribution in [0.2, 0.25) is 0 Å². The largest absolute Gasteiger partial charge is 0.339 e. The number of nitrogens with one attached hydrogen (secondary N) is 1. The van der Waals surface area contributed by atoms with Crippen LogP contribution in [0.25, 0.3) is 5.78 Å². The van der Waals surface area contributed by atoms with Gasteiger partial charge in [0.15, 0.2) is 0 Å². The fourth-order valence-electron chi connectivity index (χ4n) is 3.25. The molecule has 1 fully saturated rings. The lowest BCUT2D eigenvalue weighted by molar-refractivity contribution is 0.0792. The molecule has 4 rings (SSSR count). The number of nitrogens with zero attached hydrogens (tertiary/aromatic N) is 5. The number of hydrogen-bond donors (Lipinski definition) is 1. The molecule has 1 aliphatic rings. The van der Waals surface area contributed by atoms with Crippen LogP contribution in [0.1, 0.15) is 45.2 Å². The summed E-state index contributed by atoms with van der Waals surface area (Å²) in [6, 6.07) is 8.75. The van der Waals surface area contributed by atoms with Gasteiger partial charge < -0.3 is 10.2 Å². The van der Waals surface area contributed by atoms with Crippen molar-refractivity contribution in [1.29, 1.82) is 0 Å². The Balaban J connectivity index is 1.49. The minimum Gasteiger partial charge on any atom is -0.339 e. The Morgan fingerprint density at radius 3 is 2.44 bits per heavy atom. The van der Waals surface area contributed by atoms with Crippen LogP contribution in [0.5, 0.6) is 0 Å². The first-order valence-corrected chi connectivity index (χ1v) is 8.93. The summed E-state index contributed by atoms with van der Waals surface area (Å²) in [5.74, 6) is 0.0538. The molecule has 8 heteroatoms. The SMILES string of the molecule is Cc1cc(C)n2nc(C(=O)Nc3ccc(C(=O)N4CCCC4)cc3)nc2n1. The third kappa shape index (κ3) is 3.38. The molecule has 0 saturated carbocycles. The number of carbonyl (C=O) groups is 2. The van der Waals surface area contributed by atoms with Crippen LogP contribution in [0, 0.1) is 13.8 Å². The average Bonchev–Trinajstić information content (AvgIpc) is 3.31. The van der Waals surface area contributed by atoms with Crippen LogP contribution in [0.15, 0.2) is 30.3 Å². The van der Waals surface area contributed by atoms with Crippen molar-refractivity contribution < 1.29 is 9.59 Å². The highest BCUT2D eigenvalue weighted by Crippen LogP contribution is 2.16. The van der Waals surface area contributed by atoms with Crippen molar-refractivity contribution in [3.8, 4) is 0 Å². The summed E-state index contributed by atoms with van der Waals surface area (Å²) in [7, 11) is 0. The van der Waals surface area contributed by atoms with Crippen LogP contribution < -0.4 is 5.32 Å². The first-order valence-electron chi connectivity index (χ1n) is 8.93. The van der Waals surface area contributed by atoms with E-state index in [0.717, 1.165) is 37.3 Å². The highest BCUT2D eigenvalue weighted by atomic mass is 16.2. The maximum atomic E-state index is 12.5. The summed E-state index contributed by atoms with van der Waals surface area (Å²) in [6.45, 7) is 5.37. The second-order valence-corrected chi connectivity index (χ2v) is 6.72. The van der Waals surface area contributed by atoms with E-state index in [1.165, 1.54) is 0 Å². The number of likely N-dealkylation sites (tertiary alicyclic amines) is 1. The molecule has 1 aliphatic heterocycles. The van der Waals surface area contributed by atoms with Gasteiger partial charge in [0.2, 0.25) is 5.82 Å². The van der Waals surface area contributed by atoms with Crippen LogP contribution in [0.4, 0.5) is 5.69 Å². The Labute approximate surface area is 156 Å². The van der Waals surface area contributed by atoms with Gasteiger partial charge in [-0.15, -0.1) is 5.10 Å². The zero-order valence-electron chi connectivity index (χ0n) is 15.3. The molecule has 0 aliphatic carbocycles. The number of benzene rings is 1. The van der Waals surface area contributed by atoms with Crippen molar-refractivity contribution in [3.63, 3.8) is 0 Å². The summed E-state index contributed by atoms with van der Waals surface area (Å²) < 4.78 is 1.54. The van der Waals surface area contributed by atoms with E-state index in [9.17, 15) is 9.59 Å². The monoisotopic (exact) mass is 364 g/mol. The number of amides is 2. The van der Waals surface area contributed by atoms with Gasteiger partial charge in [0.1, 0.15) is 0 Å². The molecule has 0 radical (unpaired) electrons. The first kappa shape index (κ1) is 17.1. The van der Waals surface area contributed by atoms with Crippen molar-refractivity contribution in [3.05, 3.63) is 53.1 Å². The van der Waals surface area contributed by atoms with E-state index in [1.54, 1.807) is 28.8 Å². The van der Waals surface area contributed by atoms with Gasteiger partial charge in [-0.1, -0.05) is 0 Å². The molecule has 1 aromatic carbocycles. The third-order valence-corrected chi connectivity index (χ3v) is 4.60. The predicted octanol–water partition coefficient (Wildman–Crippen LogP) is 2.23. The highest BCUT2D eigenvalue weighted by molar-refractivity contribution is 6.02. The van der Waals surface area contributed by atoms with Gasteiger partial charge >= 0.3 is 0 Å². The van der Waals surface area contributed by atoms with Crippen LogP contribution in [-0.2, 0) is 0 Å². The normalized spacial score (nSPS) is 13.9. The van der Waals surface area contributed by atoms with E-state index in [-0.39, 0.29) is 11.7 Å². The Morgan fingerprint density at radius 1 is 1.04 bits per heavy atom. The van der Waals surface area contributed by atoms with E-state index in [2.05, 4.69) is 20.4 Å². The number of aryl methyl sites for hydroxylation is 2. The van der Waals surface area contributed by atoms with Gasteiger partial charge in [0.25, 0.3) is 17.6 Å². The molecule has 2 aromatic heterocycles. The number of anilines is 1. The zero-order chi connectivity index (χ0) is 19.0. The minimum absolute atomic E-state index is 0.0318. The van der Waals surface area contributed by atoms with E-state index in [0.29, 0.717) is 17.0 Å². The smallest absolute Gasteiger partial charge is 0.295 e. The number of rotatable bonds is 3. The van der Waals surface area contributed by atoms with Crippen molar-refractivity contribution >= 4 is 23.3 Å². The number of carbonyl (C=O) groups excluding carboxylic acids is 2. The van der Waals surface area contributed by atoms with Gasteiger partial charge in [0.05, 0.1) is 0 Å². The van der Waals surface area contributed by atoms with Gasteiger partial charge in [-0.25, -0.2) is 9.50 Å². The second kappa shape index (κ2) is 6.79. The van der Waals surface area contributed by atoms with Crippen LogP contribution in [0.3, 0.4) is 0 Å². The maximum absolute atomic E-state index is 12.5. The van der Waals surface area contributed by atoms with Gasteiger partial charge in [-0.05, 0) is 57.0 Å².